The number of rotatable bonds is 2. The predicted molar refractivity (Wildman–Crippen MR) is 177 cm³/mol. The fourth-order valence-corrected chi connectivity index (χ4v) is 117. The molecule has 5 aromatic carbocycles. The molecule has 0 nitrogen and oxygen atoms in total. The Morgan fingerprint density at radius 1 is 0.524 bits per heavy atom. The second-order valence-electron chi connectivity index (χ2n) is 20.5. The summed E-state index contributed by atoms with van der Waals surface area (Å²) in [4.78, 5) is 10.4. The van der Waals surface area contributed by atoms with Crippen molar-refractivity contribution in [1.29, 1.82) is 0 Å². The van der Waals surface area contributed by atoms with Crippen molar-refractivity contribution in [2.24, 2.45) is 0 Å². The van der Waals surface area contributed by atoms with Crippen molar-refractivity contribution in [3.63, 3.8) is 0 Å². The molecule has 0 aliphatic carbocycles. The zero-order chi connectivity index (χ0) is 27.9. The molecule has 0 radical (unpaired) electrons. The van der Waals surface area contributed by atoms with Crippen molar-refractivity contribution >= 4 is 51.0 Å². The molecule has 2 heteroatoms. The van der Waals surface area contributed by atoms with Crippen LogP contribution in [0.25, 0.3) is 43.1 Å². The van der Waals surface area contributed by atoms with E-state index in [1.807, 2.05) is 5.56 Å². The summed E-state index contributed by atoms with van der Waals surface area (Å²) in [5.74, 6) is 0. The Morgan fingerprint density at radius 2 is 1.05 bits per heavy atom. The van der Waals surface area contributed by atoms with Crippen molar-refractivity contribution in [3.05, 3.63) is 84.4 Å². The minimum absolute atomic E-state index is 0.0705. The van der Waals surface area contributed by atoms with Crippen LogP contribution in [0.15, 0.2) is 78.9 Å². The first-order valence-electron chi connectivity index (χ1n) is 16.6. The zero-order valence-electron chi connectivity index (χ0n) is 25.4. The van der Waals surface area contributed by atoms with Gasteiger partial charge < -0.3 is 0 Å². The van der Waals surface area contributed by atoms with Crippen LogP contribution >= 0.6 is 7.92 Å². The quantitative estimate of drug-likeness (QED) is 0.0812. The van der Waals surface area contributed by atoms with Gasteiger partial charge in [0.1, 0.15) is 0 Å². The third kappa shape index (κ3) is 0.556. The summed E-state index contributed by atoms with van der Waals surface area (Å²) in [6, 6.07) is 31.5. The van der Waals surface area contributed by atoms with Crippen molar-refractivity contribution in [3.8, 4) is 0 Å². The van der Waals surface area contributed by atoms with E-state index in [0.29, 0.717) is 14.6 Å². The summed E-state index contributed by atoms with van der Waals surface area (Å²) in [7, 11) is -0.0705. The Hall–Kier alpha value is -1.91. The number of hydrogen-bond donors (Lipinski definition) is 0. The van der Waals surface area contributed by atoms with Crippen molar-refractivity contribution in [2.45, 2.75) is 98.8 Å². The van der Waals surface area contributed by atoms with Crippen molar-refractivity contribution in [2.75, 3.05) is 0 Å². The second-order valence-corrected chi connectivity index (χ2v) is 48.1. The molecule has 5 aromatic rings. The van der Waals surface area contributed by atoms with Crippen molar-refractivity contribution < 1.29 is 6.51 Å². The van der Waals surface area contributed by atoms with Crippen LogP contribution in [0.2, 0.25) is 38.5 Å². The zero-order valence-corrected chi connectivity index (χ0v) is 27.4. The van der Waals surface area contributed by atoms with Gasteiger partial charge in [-0.3, -0.25) is 0 Å². The third-order valence-corrected chi connectivity index (χ3v) is 72.3. The van der Waals surface area contributed by atoms with E-state index in [2.05, 4.69) is 120 Å². The number of fused-ring (bicyclic) bond motifs is 15. The molecule has 0 aromatic heterocycles. The van der Waals surface area contributed by atoms with E-state index in [1.165, 1.54) is 76.2 Å². The predicted octanol–water partition coefficient (Wildman–Crippen LogP) is 12.1. The average Bonchev–Trinajstić information content (AvgIpc) is 3.89. The van der Waals surface area contributed by atoms with Gasteiger partial charge in [-0.05, 0) is 0 Å². The molecule has 5 unspecified atom stereocenters. The Morgan fingerprint density at radius 3 is 1.62 bits per heavy atom. The van der Waals surface area contributed by atoms with Gasteiger partial charge in [-0.15, -0.1) is 0 Å². The SMILES string of the molecule is CC(C)(C)P(C(C)(C)C)[C]12[CH]3[CH]4[CH]5[C]1(c1cccc6cc7ccc8cc9ccccc9cc8c7cc16)[Fe]45321678[CH]2[CH]1[CH]6[CH]7[CH]28. The molecule has 0 saturated carbocycles. The first kappa shape index (κ1) is 20.9. The van der Waals surface area contributed by atoms with Gasteiger partial charge in [0, 0.05) is 0 Å². The summed E-state index contributed by atoms with van der Waals surface area (Å²) < 4.78 is 1.50. The van der Waals surface area contributed by atoms with Gasteiger partial charge in [0.15, 0.2) is 0 Å². The van der Waals surface area contributed by atoms with E-state index in [0.717, 1.165) is 4.05 Å². The van der Waals surface area contributed by atoms with E-state index >= 15 is 0 Å². The molecular weight excluding hydrogens is 567 g/mol. The molecule has 10 aliphatic rings. The van der Waals surface area contributed by atoms with E-state index < -0.39 is 6.51 Å². The average molecular weight is 607 g/mol. The molecule has 15 rings (SSSR count). The van der Waals surface area contributed by atoms with Gasteiger partial charge in [0.25, 0.3) is 0 Å². The first-order valence-corrected chi connectivity index (χ1v) is 24.2. The van der Waals surface area contributed by atoms with Crippen LogP contribution in [0.3, 0.4) is 0 Å². The van der Waals surface area contributed by atoms with E-state index in [-0.39, 0.29) is 7.92 Å². The molecule has 0 bridgehead atoms. The molecule has 0 amide bonds. The van der Waals surface area contributed by atoms with E-state index in [9.17, 15) is 0 Å². The van der Waals surface area contributed by atoms with E-state index in [1.54, 1.807) is 5.39 Å². The van der Waals surface area contributed by atoms with Gasteiger partial charge in [0.05, 0.1) is 0 Å². The molecular formula is C40H39FeP. The second kappa shape index (κ2) is 3.15. The van der Waals surface area contributed by atoms with E-state index in [4.69, 9.17) is 0 Å². The first-order chi connectivity index (χ1) is 19.8. The summed E-state index contributed by atoms with van der Waals surface area (Å²) in [5.41, 5.74) is 1.92. The number of hydrogen-bond acceptors (Lipinski definition) is 0. The van der Waals surface area contributed by atoms with Crippen LogP contribution < -0.4 is 0 Å². The normalized spacial score (nSPS) is 58.5. The molecule has 10 aliphatic heterocycles. The third-order valence-electron chi connectivity index (χ3n) is 21.5. The van der Waals surface area contributed by atoms with Crippen LogP contribution in [0.4, 0.5) is 0 Å². The maximum absolute atomic E-state index is 3.78. The Kier molecular flexibility index (Phi) is 1.57. The summed E-state index contributed by atoms with van der Waals surface area (Å²) in [5, 5.41) is 12.5. The molecule has 0 N–H and O–H groups in total. The van der Waals surface area contributed by atoms with Gasteiger partial charge >= 0.3 is 241 Å². The van der Waals surface area contributed by atoms with Crippen LogP contribution in [0.5, 0.6) is 0 Å². The van der Waals surface area contributed by atoms with Crippen LogP contribution in [0.1, 0.15) is 47.1 Å². The topological polar surface area (TPSA) is 0 Å². The van der Waals surface area contributed by atoms with Crippen LogP contribution in [0, 0.1) is 0 Å². The maximum atomic E-state index is 2.73. The Balaban J connectivity index is 1.10. The monoisotopic (exact) mass is 606 g/mol. The van der Waals surface area contributed by atoms with Gasteiger partial charge in [-0.1, -0.05) is 0 Å². The summed E-state index contributed by atoms with van der Waals surface area (Å²) in [6.07, 6.45) is 0. The molecule has 5 atom stereocenters. The fraction of sp³-hybridized carbons (Fsp3) is 0.450. The van der Waals surface area contributed by atoms with Gasteiger partial charge in [0.2, 0.25) is 0 Å². The molecule has 10 heterocycles. The van der Waals surface area contributed by atoms with Crippen LogP contribution in [-0.2, 0) is 10.8 Å². The summed E-state index contributed by atoms with van der Waals surface area (Å²) >= 11 is 0. The molecule has 10 fully saturated rings. The summed E-state index contributed by atoms with van der Waals surface area (Å²) in [6.45, 7) is 12.3. The van der Waals surface area contributed by atoms with Crippen LogP contribution in [-0.4, -0.2) is 14.4 Å². The number of benzene rings is 5. The van der Waals surface area contributed by atoms with Crippen molar-refractivity contribution in [1.82, 2.24) is 0 Å². The van der Waals surface area contributed by atoms with Gasteiger partial charge in [-0.2, -0.15) is 0 Å². The Bertz CT molecular complexity index is 2680. The Labute approximate surface area is 239 Å². The molecule has 10 saturated heterocycles. The minimum atomic E-state index is -3.78. The standard InChI is InChI=1S/C35H34P.C5H5.Fe/c1-34(2,3)36(35(4,5)6)33-16-10-15-29(33)28-14-9-13-25-20-27-18-17-26-19-23-11-7-8-12-24(23)21-30(26)32(27)22-31(25)28;1-2-4-5-3-1;/h7-22H,1-6H3;1-5H;. The van der Waals surface area contributed by atoms with Gasteiger partial charge in [-0.25, -0.2) is 0 Å². The fourth-order valence-electron chi connectivity index (χ4n) is 23.6. The molecule has 1 spiro atoms. The molecule has 42 heavy (non-hydrogen) atoms. The molecule has 212 valence electrons.